The van der Waals surface area contributed by atoms with Crippen LogP contribution in [-0.2, 0) is 4.79 Å². The molecule has 1 N–H and O–H groups in total. The van der Waals surface area contributed by atoms with Gasteiger partial charge in [-0.3, -0.25) is 4.79 Å². The van der Waals surface area contributed by atoms with Crippen LogP contribution in [0.5, 0.6) is 0 Å². The number of anilines is 1. The first-order valence-corrected chi connectivity index (χ1v) is 6.40. The van der Waals surface area contributed by atoms with E-state index in [1.165, 1.54) is 0 Å². The molecule has 0 bridgehead atoms. The number of hydrogen-bond donors (Lipinski definition) is 1. The molecule has 0 unspecified atom stereocenters. The van der Waals surface area contributed by atoms with Crippen molar-refractivity contribution in [3.8, 4) is 0 Å². The number of rotatable bonds is 2. The predicted octanol–water partition coefficient (Wildman–Crippen LogP) is 4.09. The largest absolute Gasteiger partial charge is 0.324 e. The number of carbonyl (C=O) groups is 1. The molecule has 1 aliphatic carbocycles. The summed E-state index contributed by atoms with van der Waals surface area (Å²) in [5, 5.41) is 3.32. The molecule has 1 atom stereocenters. The molecule has 0 saturated heterocycles. The summed E-state index contributed by atoms with van der Waals surface area (Å²) in [7, 11) is 0. The molecular weight excluding hydrogens is 280 g/mol. The van der Waals surface area contributed by atoms with E-state index >= 15 is 0 Å². The second kappa shape index (κ2) is 4.34. The fraction of sp³-hybridized carbons (Fsp3) is 0.417. The van der Waals surface area contributed by atoms with Gasteiger partial charge in [-0.2, -0.15) is 0 Å². The lowest BCUT2D eigenvalue weighted by atomic mass is 10.1. The van der Waals surface area contributed by atoms with Gasteiger partial charge in [-0.05, 0) is 37.5 Å². The molecule has 1 aliphatic rings. The summed E-state index contributed by atoms with van der Waals surface area (Å²) in [5.74, 6) is -0.522. The molecule has 1 aromatic rings. The van der Waals surface area contributed by atoms with E-state index in [2.05, 4.69) is 5.32 Å². The molecule has 2 nitrogen and oxygen atoms in total. The minimum absolute atomic E-state index is 0.177. The number of nitrogens with one attached hydrogen (secondary N) is 1. The number of halogens is 3. The number of carbonyl (C=O) groups excluding carboxylic acids is 1. The third-order valence-electron chi connectivity index (χ3n) is 2.82. The Labute approximate surface area is 115 Å². The molecule has 0 heterocycles. The number of alkyl halides is 2. The maximum Gasteiger partial charge on any atom is 0.230 e. The molecule has 0 radical (unpaired) electrons. The van der Waals surface area contributed by atoms with E-state index in [-0.39, 0.29) is 11.8 Å². The Kier molecular flexibility index (Phi) is 3.32. The van der Waals surface area contributed by atoms with Crippen LogP contribution in [-0.4, -0.2) is 10.2 Å². The van der Waals surface area contributed by atoms with Crippen molar-refractivity contribution < 1.29 is 4.79 Å². The monoisotopic (exact) mass is 291 g/mol. The minimum Gasteiger partial charge on any atom is -0.324 e. The van der Waals surface area contributed by atoms with Crippen LogP contribution in [0.4, 0.5) is 5.69 Å². The van der Waals surface area contributed by atoms with Gasteiger partial charge in [0.25, 0.3) is 0 Å². The first-order chi connectivity index (χ1) is 7.81. The number of aryl methyl sites for hydroxylation is 2. The molecule has 1 amide bonds. The normalized spacial score (nSPS) is 21.1. The van der Waals surface area contributed by atoms with E-state index in [9.17, 15) is 4.79 Å². The summed E-state index contributed by atoms with van der Waals surface area (Å²) in [6.07, 6.45) is 0.491. The summed E-state index contributed by atoms with van der Waals surface area (Å²) >= 11 is 17.8. The van der Waals surface area contributed by atoms with E-state index in [4.69, 9.17) is 34.8 Å². The third-order valence-corrected chi connectivity index (χ3v) is 3.96. The Morgan fingerprint density at radius 2 is 2.00 bits per heavy atom. The van der Waals surface area contributed by atoms with Crippen molar-refractivity contribution in [2.24, 2.45) is 5.92 Å². The van der Waals surface area contributed by atoms with E-state index in [0.717, 1.165) is 11.1 Å². The van der Waals surface area contributed by atoms with Crippen LogP contribution in [0.15, 0.2) is 12.1 Å². The van der Waals surface area contributed by atoms with Crippen LogP contribution >= 0.6 is 34.8 Å². The zero-order valence-corrected chi connectivity index (χ0v) is 11.7. The van der Waals surface area contributed by atoms with Crippen molar-refractivity contribution in [1.29, 1.82) is 0 Å². The Morgan fingerprint density at radius 1 is 1.41 bits per heavy atom. The highest BCUT2D eigenvalue weighted by Crippen LogP contribution is 2.53. The van der Waals surface area contributed by atoms with Gasteiger partial charge in [-0.15, -0.1) is 23.2 Å². The zero-order valence-electron chi connectivity index (χ0n) is 9.48. The SMILES string of the molecule is Cc1cc(C)c(NC(=O)[C@@H]2CC2(Cl)Cl)c(Cl)c1. The lowest BCUT2D eigenvalue weighted by Gasteiger charge is -2.11. The fourth-order valence-electron chi connectivity index (χ4n) is 1.78. The van der Waals surface area contributed by atoms with Crippen LogP contribution in [0, 0.1) is 19.8 Å². The Bertz CT molecular complexity index is 462. The first-order valence-electron chi connectivity index (χ1n) is 5.26. The highest BCUT2D eigenvalue weighted by atomic mass is 35.5. The fourth-order valence-corrected chi connectivity index (χ4v) is 2.66. The lowest BCUT2D eigenvalue weighted by Crippen LogP contribution is -2.17. The zero-order chi connectivity index (χ0) is 12.8. The predicted molar refractivity (Wildman–Crippen MR) is 72.1 cm³/mol. The van der Waals surface area contributed by atoms with Crippen LogP contribution in [0.25, 0.3) is 0 Å². The van der Waals surface area contributed by atoms with Gasteiger partial charge in [0, 0.05) is 0 Å². The Morgan fingerprint density at radius 3 is 2.47 bits per heavy atom. The first kappa shape index (κ1) is 13.0. The van der Waals surface area contributed by atoms with E-state index < -0.39 is 4.33 Å². The molecule has 1 fully saturated rings. The van der Waals surface area contributed by atoms with Crippen molar-refractivity contribution in [2.75, 3.05) is 5.32 Å². The summed E-state index contributed by atoms with van der Waals surface area (Å²) in [5.41, 5.74) is 2.62. The van der Waals surface area contributed by atoms with Gasteiger partial charge >= 0.3 is 0 Å². The molecule has 5 heteroatoms. The number of hydrogen-bond acceptors (Lipinski definition) is 1. The van der Waals surface area contributed by atoms with Crippen LogP contribution < -0.4 is 5.32 Å². The van der Waals surface area contributed by atoms with Gasteiger partial charge in [0.1, 0.15) is 4.33 Å². The van der Waals surface area contributed by atoms with Crippen molar-refractivity contribution in [2.45, 2.75) is 24.6 Å². The van der Waals surface area contributed by atoms with Crippen molar-refractivity contribution in [3.63, 3.8) is 0 Å². The molecular formula is C12H12Cl3NO. The molecule has 17 heavy (non-hydrogen) atoms. The molecule has 0 aliphatic heterocycles. The van der Waals surface area contributed by atoms with Crippen LogP contribution in [0.1, 0.15) is 17.5 Å². The van der Waals surface area contributed by atoms with Gasteiger partial charge < -0.3 is 5.32 Å². The van der Waals surface area contributed by atoms with Gasteiger partial charge in [0.05, 0.1) is 16.6 Å². The quantitative estimate of drug-likeness (QED) is 0.817. The molecule has 0 aromatic heterocycles. The Hall–Kier alpha value is -0.440. The topological polar surface area (TPSA) is 29.1 Å². The lowest BCUT2D eigenvalue weighted by molar-refractivity contribution is -0.117. The summed E-state index contributed by atoms with van der Waals surface area (Å²) in [6.45, 7) is 3.85. The van der Waals surface area contributed by atoms with Gasteiger partial charge in [0.15, 0.2) is 0 Å². The second-order valence-corrected chi connectivity index (χ2v) is 6.40. The summed E-state index contributed by atoms with van der Waals surface area (Å²) < 4.78 is -0.908. The maximum absolute atomic E-state index is 11.8. The third kappa shape index (κ3) is 2.70. The van der Waals surface area contributed by atoms with Crippen molar-refractivity contribution in [3.05, 3.63) is 28.3 Å². The van der Waals surface area contributed by atoms with E-state index in [1.54, 1.807) is 0 Å². The van der Waals surface area contributed by atoms with E-state index in [1.807, 2.05) is 26.0 Å². The molecule has 1 saturated carbocycles. The van der Waals surface area contributed by atoms with Crippen molar-refractivity contribution in [1.82, 2.24) is 0 Å². The highest BCUT2D eigenvalue weighted by Gasteiger charge is 2.56. The van der Waals surface area contributed by atoms with Crippen molar-refractivity contribution >= 4 is 46.4 Å². The average molecular weight is 293 g/mol. The second-order valence-electron chi connectivity index (χ2n) is 4.45. The van der Waals surface area contributed by atoms with E-state index in [0.29, 0.717) is 17.1 Å². The minimum atomic E-state index is -0.908. The molecule has 0 spiro atoms. The molecule has 2 rings (SSSR count). The number of amides is 1. The van der Waals surface area contributed by atoms with Crippen LogP contribution in [0.2, 0.25) is 5.02 Å². The summed E-state index contributed by atoms with van der Waals surface area (Å²) in [6, 6.07) is 3.77. The van der Waals surface area contributed by atoms with Gasteiger partial charge in [0.2, 0.25) is 5.91 Å². The number of benzene rings is 1. The van der Waals surface area contributed by atoms with Gasteiger partial charge in [-0.1, -0.05) is 17.7 Å². The standard InChI is InChI=1S/C12H12Cl3NO/c1-6-3-7(2)10(9(13)4-6)16-11(17)8-5-12(8,14)15/h3-4,8H,5H2,1-2H3,(H,16,17)/t8-/m0/s1. The highest BCUT2D eigenvalue weighted by molar-refractivity contribution is 6.52. The maximum atomic E-state index is 11.8. The molecule has 92 valence electrons. The molecule has 1 aromatic carbocycles. The smallest absolute Gasteiger partial charge is 0.230 e. The Balaban J connectivity index is 2.17. The summed E-state index contributed by atoms with van der Waals surface area (Å²) in [4.78, 5) is 11.8. The van der Waals surface area contributed by atoms with Gasteiger partial charge in [-0.25, -0.2) is 0 Å². The average Bonchev–Trinajstić information content (AvgIpc) is 2.81. The van der Waals surface area contributed by atoms with Crippen LogP contribution in [0.3, 0.4) is 0 Å².